The van der Waals surface area contributed by atoms with Crippen molar-refractivity contribution in [1.82, 2.24) is 9.62 Å². The van der Waals surface area contributed by atoms with Gasteiger partial charge in [0.05, 0.1) is 17.5 Å². The highest BCUT2D eigenvalue weighted by Crippen LogP contribution is 2.18. The third kappa shape index (κ3) is 6.50. The van der Waals surface area contributed by atoms with E-state index in [1.807, 2.05) is 61.5 Å². The number of nitrogens with zero attached hydrogens (tertiary/aromatic N) is 1. The molecule has 0 spiro atoms. The zero-order chi connectivity index (χ0) is 22.3. The van der Waals surface area contributed by atoms with Crippen LogP contribution < -0.4 is 5.32 Å². The Labute approximate surface area is 192 Å². The average molecular weight is 501 g/mol. The predicted octanol–water partition coefficient (Wildman–Crippen LogP) is 4.56. The highest BCUT2D eigenvalue weighted by Gasteiger charge is 2.26. The fraction of sp³-hybridized carbons (Fsp3) is 0.208. The molecule has 1 N–H and O–H groups in total. The van der Waals surface area contributed by atoms with E-state index >= 15 is 0 Å². The van der Waals surface area contributed by atoms with E-state index in [-0.39, 0.29) is 29.9 Å². The molecule has 3 rings (SSSR count). The second kappa shape index (κ2) is 10.7. The van der Waals surface area contributed by atoms with Crippen LogP contribution in [-0.2, 0) is 21.2 Å². The molecule has 7 heteroatoms. The Morgan fingerprint density at radius 1 is 0.935 bits per heavy atom. The van der Waals surface area contributed by atoms with Crippen LogP contribution in [0.5, 0.6) is 0 Å². The molecule has 0 aliphatic rings. The Morgan fingerprint density at radius 3 is 2.13 bits per heavy atom. The van der Waals surface area contributed by atoms with Gasteiger partial charge in [-0.05, 0) is 48.7 Å². The van der Waals surface area contributed by atoms with Crippen LogP contribution in [0.2, 0.25) is 0 Å². The molecule has 162 valence electrons. The lowest BCUT2D eigenvalue weighted by atomic mass is 10.1. The standard InChI is InChI=1S/C24H25BrN2O3S/c1-19(21-12-14-22(25)15-13-21)26-24(28)18-27(17-16-20-8-4-2-5-9-20)31(29,30)23-10-6-3-7-11-23/h2-15,19H,16-18H2,1H3,(H,26,28)/t19-/m1/s1. The van der Waals surface area contributed by atoms with E-state index in [1.165, 1.54) is 4.31 Å². The minimum atomic E-state index is -3.81. The van der Waals surface area contributed by atoms with Crippen LogP contribution in [0.4, 0.5) is 0 Å². The predicted molar refractivity (Wildman–Crippen MR) is 126 cm³/mol. The van der Waals surface area contributed by atoms with Crippen molar-refractivity contribution in [3.8, 4) is 0 Å². The van der Waals surface area contributed by atoms with Crippen molar-refractivity contribution >= 4 is 31.9 Å². The SMILES string of the molecule is C[C@@H](NC(=O)CN(CCc1ccccc1)S(=O)(=O)c1ccccc1)c1ccc(Br)cc1. The number of nitrogens with one attached hydrogen (secondary N) is 1. The van der Waals surface area contributed by atoms with Gasteiger partial charge in [-0.15, -0.1) is 0 Å². The summed E-state index contributed by atoms with van der Waals surface area (Å²) in [6.45, 7) is 1.84. The van der Waals surface area contributed by atoms with Crippen molar-refractivity contribution in [3.05, 3.63) is 101 Å². The third-order valence-corrected chi connectivity index (χ3v) is 7.33. The van der Waals surface area contributed by atoms with Gasteiger partial charge in [-0.25, -0.2) is 8.42 Å². The van der Waals surface area contributed by atoms with Crippen molar-refractivity contribution < 1.29 is 13.2 Å². The van der Waals surface area contributed by atoms with E-state index in [9.17, 15) is 13.2 Å². The van der Waals surface area contributed by atoms with E-state index in [1.54, 1.807) is 30.3 Å². The number of carbonyl (C=O) groups is 1. The number of benzene rings is 3. The number of carbonyl (C=O) groups excluding carboxylic acids is 1. The molecule has 1 atom stereocenters. The molecule has 0 saturated heterocycles. The number of amides is 1. The van der Waals surface area contributed by atoms with Gasteiger partial charge >= 0.3 is 0 Å². The molecule has 0 aromatic heterocycles. The Morgan fingerprint density at radius 2 is 1.52 bits per heavy atom. The van der Waals surface area contributed by atoms with Crippen LogP contribution in [0.3, 0.4) is 0 Å². The van der Waals surface area contributed by atoms with Gasteiger partial charge in [-0.1, -0.05) is 76.6 Å². The number of rotatable bonds is 9. The molecule has 5 nitrogen and oxygen atoms in total. The summed E-state index contributed by atoms with van der Waals surface area (Å²) in [5.41, 5.74) is 1.96. The molecular formula is C24H25BrN2O3S. The molecule has 0 radical (unpaired) electrons. The highest BCUT2D eigenvalue weighted by atomic mass is 79.9. The van der Waals surface area contributed by atoms with Crippen LogP contribution in [-0.4, -0.2) is 31.7 Å². The van der Waals surface area contributed by atoms with Gasteiger partial charge < -0.3 is 5.32 Å². The van der Waals surface area contributed by atoms with E-state index in [0.29, 0.717) is 6.42 Å². The lowest BCUT2D eigenvalue weighted by Gasteiger charge is -2.23. The zero-order valence-corrected chi connectivity index (χ0v) is 19.6. The fourth-order valence-electron chi connectivity index (χ4n) is 3.21. The molecule has 0 fully saturated rings. The van der Waals surface area contributed by atoms with Gasteiger partial charge in [-0.3, -0.25) is 4.79 Å². The molecule has 3 aromatic carbocycles. The minimum Gasteiger partial charge on any atom is -0.348 e. The highest BCUT2D eigenvalue weighted by molar-refractivity contribution is 9.10. The van der Waals surface area contributed by atoms with E-state index < -0.39 is 10.0 Å². The third-order valence-electron chi connectivity index (χ3n) is 4.94. The van der Waals surface area contributed by atoms with Crippen LogP contribution in [0.25, 0.3) is 0 Å². The number of sulfonamides is 1. The van der Waals surface area contributed by atoms with Gasteiger partial charge in [0.2, 0.25) is 15.9 Å². The van der Waals surface area contributed by atoms with Gasteiger partial charge in [0, 0.05) is 11.0 Å². The summed E-state index contributed by atoms with van der Waals surface area (Å²) in [5, 5.41) is 2.91. The van der Waals surface area contributed by atoms with E-state index in [0.717, 1.165) is 15.6 Å². The summed E-state index contributed by atoms with van der Waals surface area (Å²) in [4.78, 5) is 12.9. The van der Waals surface area contributed by atoms with Crippen molar-refractivity contribution in [2.45, 2.75) is 24.3 Å². The summed E-state index contributed by atoms with van der Waals surface area (Å²) in [5.74, 6) is -0.344. The van der Waals surface area contributed by atoms with Gasteiger partial charge in [0.15, 0.2) is 0 Å². The first-order valence-corrected chi connectivity index (χ1v) is 12.2. The summed E-state index contributed by atoms with van der Waals surface area (Å²) < 4.78 is 28.6. The van der Waals surface area contributed by atoms with Crippen molar-refractivity contribution in [2.75, 3.05) is 13.1 Å². The van der Waals surface area contributed by atoms with Gasteiger partial charge in [0.25, 0.3) is 0 Å². The van der Waals surface area contributed by atoms with Crippen LogP contribution in [0.15, 0.2) is 94.3 Å². The molecule has 0 saturated carbocycles. The molecule has 0 aliphatic carbocycles. The van der Waals surface area contributed by atoms with Crippen LogP contribution in [0.1, 0.15) is 24.1 Å². The summed E-state index contributed by atoms with van der Waals surface area (Å²) in [6.07, 6.45) is 0.516. The molecule has 0 unspecified atom stereocenters. The first-order valence-electron chi connectivity index (χ1n) is 10.0. The lowest BCUT2D eigenvalue weighted by molar-refractivity contribution is -0.121. The molecule has 0 bridgehead atoms. The number of hydrogen-bond donors (Lipinski definition) is 1. The Kier molecular flexibility index (Phi) is 8.01. The lowest BCUT2D eigenvalue weighted by Crippen LogP contribution is -2.42. The van der Waals surface area contributed by atoms with Crippen LogP contribution in [0, 0.1) is 0 Å². The Bertz CT molecular complexity index is 1090. The smallest absolute Gasteiger partial charge is 0.243 e. The molecule has 3 aromatic rings. The second-order valence-corrected chi connectivity index (χ2v) is 10.1. The summed E-state index contributed by atoms with van der Waals surface area (Å²) in [6, 6.07) is 25.3. The fourth-order valence-corrected chi connectivity index (χ4v) is 4.89. The number of hydrogen-bond acceptors (Lipinski definition) is 3. The molecule has 31 heavy (non-hydrogen) atoms. The molecule has 1 amide bonds. The number of halogens is 1. The quantitative estimate of drug-likeness (QED) is 0.468. The van der Waals surface area contributed by atoms with Crippen molar-refractivity contribution in [3.63, 3.8) is 0 Å². The summed E-state index contributed by atoms with van der Waals surface area (Å²) in [7, 11) is -3.81. The Balaban J connectivity index is 1.75. The van der Waals surface area contributed by atoms with E-state index in [2.05, 4.69) is 21.2 Å². The average Bonchev–Trinajstić information content (AvgIpc) is 2.78. The second-order valence-electron chi connectivity index (χ2n) is 7.23. The van der Waals surface area contributed by atoms with Crippen molar-refractivity contribution in [2.24, 2.45) is 0 Å². The van der Waals surface area contributed by atoms with Crippen LogP contribution >= 0.6 is 15.9 Å². The van der Waals surface area contributed by atoms with Gasteiger partial charge in [-0.2, -0.15) is 4.31 Å². The molecule has 0 aliphatic heterocycles. The maximum Gasteiger partial charge on any atom is 0.243 e. The maximum atomic E-state index is 13.2. The summed E-state index contributed by atoms with van der Waals surface area (Å²) >= 11 is 3.40. The minimum absolute atomic E-state index is 0.178. The first kappa shape index (κ1) is 23.2. The first-order chi connectivity index (χ1) is 14.9. The Hall–Kier alpha value is -2.48. The molecular weight excluding hydrogens is 476 g/mol. The molecule has 0 heterocycles. The maximum absolute atomic E-state index is 13.2. The zero-order valence-electron chi connectivity index (χ0n) is 17.2. The normalized spacial score (nSPS) is 12.5. The van der Waals surface area contributed by atoms with Crippen molar-refractivity contribution in [1.29, 1.82) is 0 Å². The van der Waals surface area contributed by atoms with E-state index in [4.69, 9.17) is 0 Å². The largest absolute Gasteiger partial charge is 0.348 e. The topological polar surface area (TPSA) is 66.5 Å². The van der Waals surface area contributed by atoms with Gasteiger partial charge in [0.1, 0.15) is 0 Å². The monoisotopic (exact) mass is 500 g/mol.